The van der Waals surface area contributed by atoms with Gasteiger partial charge in [-0.2, -0.15) is 5.10 Å². The van der Waals surface area contributed by atoms with Gasteiger partial charge in [-0.1, -0.05) is 12.1 Å². The van der Waals surface area contributed by atoms with E-state index >= 15 is 0 Å². The molecular formula is C21H26N4O3. The van der Waals surface area contributed by atoms with Gasteiger partial charge in [0.05, 0.1) is 24.8 Å². The fraction of sp³-hybridized carbons (Fsp3) is 0.476. The molecule has 0 radical (unpaired) electrons. The Balaban J connectivity index is 1.38. The van der Waals surface area contributed by atoms with E-state index in [4.69, 9.17) is 4.74 Å². The number of piperazine rings is 1. The van der Waals surface area contributed by atoms with Gasteiger partial charge in [0.1, 0.15) is 5.75 Å². The fourth-order valence-electron chi connectivity index (χ4n) is 3.59. The van der Waals surface area contributed by atoms with Crippen LogP contribution in [0.3, 0.4) is 0 Å². The number of carbonyl (C=O) groups is 2. The highest BCUT2D eigenvalue weighted by Gasteiger charge is 2.31. The zero-order valence-electron chi connectivity index (χ0n) is 16.1. The predicted octanol–water partition coefficient (Wildman–Crippen LogP) is 2.11. The number of aromatic amines is 1. The van der Waals surface area contributed by atoms with Gasteiger partial charge in [-0.25, -0.2) is 0 Å². The summed E-state index contributed by atoms with van der Waals surface area (Å²) in [5.41, 5.74) is 1.48. The first kappa shape index (κ1) is 18.5. The van der Waals surface area contributed by atoms with Crippen molar-refractivity contribution in [3.8, 4) is 5.75 Å². The second kappa shape index (κ2) is 8.04. The number of carbonyl (C=O) groups excluding carboxylic acids is 2. The number of aromatic nitrogens is 2. The molecule has 7 nitrogen and oxygen atoms in total. The predicted molar refractivity (Wildman–Crippen MR) is 104 cm³/mol. The summed E-state index contributed by atoms with van der Waals surface area (Å²) in [6.45, 7) is 4.25. The lowest BCUT2D eigenvalue weighted by Gasteiger charge is -2.40. The van der Waals surface area contributed by atoms with Crippen molar-refractivity contribution in [3.05, 3.63) is 47.8 Å². The van der Waals surface area contributed by atoms with E-state index in [1.807, 2.05) is 41.0 Å². The number of benzene rings is 1. The molecule has 148 valence electrons. The summed E-state index contributed by atoms with van der Waals surface area (Å²) in [5.74, 6) is 1.33. The van der Waals surface area contributed by atoms with E-state index in [0.717, 1.165) is 5.56 Å². The highest BCUT2D eigenvalue weighted by molar-refractivity contribution is 5.97. The van der Waals surface area contributed by atoms with Crippen LogP contribution in [-0.2, 0) is 11.2 Å². The number of nitrogens with zero attached hydrogens (tertiary/aromatic N) is 3. The molecule has 2 aromatic rings. The number of rotatable bonds is 6. The van der Waals surface area contributed by atoms with Gasteiger partial charge < -0.3 is 14.5 Å². The number of hydrogen-bond acceptors (Lipinski definition) is 4. The first-order chi connectivity index (χ1) is 13.6. The maximum absolute atomic E-state index is 13.1. The van der Waals surface area contributed by atoms with Crippen molar-refractivity contribution >= 4 is 11.8 Å². The number of amides is 2. The molecule has 1 aliphatic carbocycles. The lowest BCUT2D eigenvalue weighted by molar-refractivity contribution is -0.134. The molecule has 4 rings (SSSR count). The van der Waals surface area contributed by atoms with Gasteiger partial charge in [-0.3, -0.25) is 14.7 Å². The van der Waals surface area contributed by atoms with E-state index in [1.165, 1.54) is 12.8 Å². The molecule has 2 aliphatic rings. The first-order valence-electron chi connectivity index (χ1n) is 9.90. The van der Waals surface area contributed by atoms with Gasteiger partial charge in [-0.05, 0) is 43.4 Å². The van der Waals surface area contributed by atoms with Crippen LogP contribution in [0.2, 0.25) is 0 Å². The maximum atomic E-state index is 13.1. The Hall–Kier alpha value is -2.83. The smallest absolute Gasteiger partial charge is 0.257 e. The standard InChI is InChI=1S/C21H26N4O3/c1-15-13-24(8-9-25(15)20(26)10-17-11-22-23-12-17)21(27)18-4-2-3-5-19(18)28-14-16-6-7-16/h2-5,11-12,15-16H,6-10,13-14H2,1H3,(H,22,23)/t15-/m1/s1. The van der Waals surface area contributed by atoms with E-state index < -0.39 is 0 Å². The molecule has 1 aromatic carbocycles. The monoisotopic (exact) mass is 382 g/mol. The summed E-state index contributed by atoms with van der Waals surface area (Å²) in [6.07, 6.45) is 6.15. The molecule has 1 N–H and O–H groups in total. The summed E-state index contributed by atoms with van der Waals surface area (Å²) < 4.78 is 5.90. The van der Waals surface area contributed by atoms with Gasteiger partial charge in [0.25, 0.3) is 5.91 Å². The average Bonchev–Trinajstić information content (AvgIpc) is 3.40. The van der Waals surface area contributed by atoms with Crippen LogP contribution in [0.25, 0.3) is 0 Å². The van der Waals surface area contributed by atoms with Gasteiger partial charge in [-0.15, -0.1) is 0 Å². The Kier molecular flexibility index (Phi) is 5.32. The van der Waals surface area contributed by atoms with E-state index in [1.54, 1.807) is 12.4 Å². The number of nitrogens with one attached hydrogen (secondary N) is 1. The van der Waals surface area contributed by atoms with Crippen molar-refractivity contribution in [1.82, 2.24) is 20.0 Å². The van der Waals surface area contributed by atoms with Crippen molar-refractivity contribution < 1.29 is 14.3 Å². The molecule has 1 aromatic heterocycles. The molecule has 0 unspecified atom stereocenters. The SMILES string of the molecule is C[C@@H]1CN(C(=O)c2ccccc2OCC2CC2)CCN1C(=O)Cc1cn[nH]c1. The first-order valence-corrected chi connectivity index (χ1v) is 9.90. The molecule has 2 amide bonds. The van der Waals surface area contributed by atoms with Crippen LogP contribution in [0.1, 0.15) is 35.7 Å². The van der Waals surface area contributed by atoms with E-state index in [2.05, 4.69) is 10.2 Å². The number of ether oxygens (including phenoxy) is 1. The minimum Gasteiger partial charge on any atom is -0.492 e. The molecule has 7 heteroatoms. The summed E-state index contributed by atoms with van der Waals surface area (Å²) in [4.78, 5) is 29.4. The lowest BCUT2D eigenvalue weighted by Crippen LogP contribution is -2.55. The fourth-order valence-corrected chi connectivity index (χ4v) is 3.59. The average molecular weight is 382 g/mol. The van der Waals surface area contributed by atoms with Crippen LogP contribution in [0.4, 0.5) is 0 Å². The van der Waals surface area contributed by atoms with Crippen molar-refractivity contribution in [2.24, 2.45) is 5.92 Å². The third kappa shape index (κ3) is 4.18. The molecule has 1 saturated carbocycles. The molecule has 1 saturated heterocycles. The van der Waals surface area contributed by atoms with Crippen LogP contribution in [0.15, 0.2) is 36.7 Å². The number of para-hydroxylation sites is 1. The third-order valence-electron chi connectivity index (χ3n) is 5.43. The summed E-state index contributed by atoms with van der Waals surface area (Å²) >= 11 is 0. The highest BCUT2D eigenvalue weighted by atomic mass is 16.5. The van der Waals surface area contributed by atoms with Gasteiger partial charge in [0.2, 0.25) is 5.91 Å². The molecule has 0 bridgehead atoms. The third-order valence-corrected chi connectivity index (χ3v) is 5.43. The Labute approximate surface area is 164 Å². The van der Waals surface area contributed by atoms with Gasteiger partial charge in [0.15, 0.2) is 0 Å². The largest absolute Gasteiger partial charge is 0.492 e. The summed E-state index contributed by atoms with van der Waals surface area (Å²) in [7, 11) is 0. The lowest BCUT2D eigenvalue weighted by atomic mass is 10.1. The Bertz CT molecular complexity index is 832. The van der Waals surface area contributed by atoms with E-state index in [0.29, 0.717) is 49.9 Å². The summed E-state index contributed by atoms with van der Waals surface area (Å²) in [5, 5.41) is 6.62. The van der Waals surface area contributed by atoms with Crippen LogP contribution in [0, 0.1) is 5.92 Å². The van der Waals surface area contributed by atoms with Crippen LogP contribution in [-0.4, -0.2) is 64.1 Å². The van der Waals surface area contributed by atoms with Crippen molar-refractivity contribution in [2.75, 3.05) is 26.2 Å². The minimum atomic E-state index is -0.0309. The molecule has 1 atom stereocenters. The Morgan fingerprint density at radius 2 is 2.07 bits per heavy atom. The van der Waals surface area contributed by atoms with Crippen LogP contribution >= 0.6 is 0 Å². The minimum absolute atomic E-state index is 0.0276. The summed E-state index contributed by atoms with van der Waals surface area (Å²) in [6, 6.07) is 7.42. The molecular weight excluding hydrogens is 356 g/mol. The highest BCUT2D eigenvalue weighted by Crippen LogP contribution is 2.30. The maximum Gasteiger partial charge on any atom is 0.257 e. The number of H-pyrrole nitrogens is 1. The van der Waals surface area contributed by atoms with Crippen molar-refractivity contribution in [2.45, 2.75) is 32.2 Å². The molecule has 2 fully saturated rings. The topological polar surface area (TPSA) is 78.5 Å². The van der Waals surface area contributed by atoms with Crippen LogP contribution in [0.5, 0.6) is 5.75 Å². The molecule has 0 spiro atoms. The quantitative estimate of drug-likeness (QED) is 0.830. The zero-order valence-corrected chi connectivity index (χ0v) is 16.1. The Morgan fingerprint density at radius 3 is 2.79 bits per heavy atom. The van der Waals surface area contributed by atoms with Crippen molar-refractivity contribution in [3.63, 3.8) is 0 Å². The second-order valence-corrected chi connectivity index (χ2v) is 7.72. The van der Waals surface area contributed by atoms with Crippen LogP contribution < -0.4 is 4.74 Å². The molecule has 1 aliphatic heterocycles. The zero-order chi connectivity index (χ0) is 19.5. The normalized spacial score (nSPS) is 19.5. The van der Waals surface area contributed by atoms with Gasteiger partial charge >= 0.3 is 0 Å². The van der Waals surface area contributed by atoms with Gasteiger partial charge in [0, 0.05) is 31.9 Å². The van der Waals surface area contributed by atoms with E-state index in [9.17, 15) is 9.59 Å². The van der Waals surface area contributed by atoms with E-state index in [-0.39, 0.29) is 17.9 Å². The number of hydrogen-bond donors (Lipinski definition) is 1. The molecule has 2 heterocycles. The second-order valence-electron chi connectivity index (χ2n) is 7.72. The molecule has 28 heavy (non-hydrogen) atoms. The Morgan fingerprint density at radius 1 is 1.25 bits per heavy atom. The van der Waals surface area contributed by atoms with Crippen molar-refractivity contribution in [1.29, 1.82) is 0 Å².